The van der Waals surface area contributed by atoms with Crippen LogP contribution >= 0.6 is 0 Å². The Morgan fingerprint density at radius 1 is 1.11 bits per heavy atom. The van der Waals surface area contributed by atoms with Gasteiger partial charge in [-0.1, -0.05) is 0 Å². The van der Waals surface area contributed by atoms with Crippen molar-refractivity contribution in [3.05, 3.63) is 48.4 Å². The third-order valence-electron chi connectivity index (χ3n) is 6.19. The highest BCUT2D eigenvalue weighted by Crippen LogP contribution is 2.36. The number of rotatable bonds is 8. The second kappa shape index (κ2) is 10.8. The molecule has 9 heteroatoms. The first kappa shape index (κ1) is 23.9. The van der Waals surface area contributed by atoms with Gasteiger partial charge in [0.1, 0.15) is 12.1 Å². The molecule has 0 unspecified atom stereocenters. The molecule has 3 heterocycles. The minimum absolute atomic E-state index is 0.136. The van der Waals surface area contributed by atoms with Gasteiger partial charge >= 0.3 is 0 Å². The van der Waals surface area contributed by atoms with E-state index in [-0.39, 0.29) is 5.91 Å². The number of nitrogens with one attached hydrogen (secondary N) is 1. The second-order valence-electron chi connectivity index (χ2n) is 8.80. The molecule has 2 aromatic carbocycles. The molecule has 1 fully saturated rings. The molecule has 1 N–H and O–H groups in total. The van der Waals surface area contributed by atoms with Crippen molar-refractivity contribution in [3.8, 4) is 23.1 Å². The fraction of sp³-hybridized carbons (Fsp3) is 0.370. The van der Waals surface area contributed by atoms with Crippen LogP contribution in [0, 0.1) is 6.92 Å². The Hall–Kier alpha value is -3.85. The smallest absolute Gasteiger partial charge is 0.230 e. The molecule has 0 atom stereocenters. The topological polar surface area (TPSA) is 98.8 Å². The van der Waals surface area contributed by atoms with Crippen LogP contribution in [0.15, 0.2) is 42.7 Å². The Bertz CT molecular complexity index is 1360. The van der Waals surface area contributed by atoms with E-state index in [2.05, 4.69) is 21.0 Å². The molecule has 2 aromatic heterocycles. The predicted octanol–water partition coefficient (Wildman–Crippen LogP) is 4.63. The molecule has 1 amide bonds. The molecule has 0 spiro atoms. The van der Waals surface area contributed by atoms with Crippen LogP contribution in [-0.2, 0) is 9.53 Å². The van der Waals surface area contributed by atoms with Crippen molar-refractivity contribution < 1.29 is 23.7 Å². The number of benzene rings is 2. The Kier molecular flexibility index (Phi) is 7.18. The molecule has 0 saturated carbocycles. The minimum Gasteiger partial charge on any atom is -0.493 e. The first-order valence-corrected chi connectivity index (χ1v) is 12.2. The van der Waals surface area contributed by atoms with Gasteiger partial charge in [-0.3, -0.25) is 4.79 Å². The van der Waals surface area contributed by atoms with Crippen molar-refractivity contribution in [1.29, 1.82) is 0 Å². The number of aryl methyl sites for hydroxylation is 1. The van der Waals surface area contributed by atoms with E-state index < -0.39 is 0 Å². The lowest BCUT2D eigenvalue weighted by atomic mass is 10.2. The second-order valence-corrected chi connectivity index (χ2v) is 8.80. The number of aromatic amines is 1. The average Bonchev–Trinajstić information content (AvgIpc) is 3.06. The van der Waals surface area contributed by atoms with E-state index in [0.29, 0.717) is 73.2 Å². The lowest BCUT2D eigenvalue weighted by Gasteiger charge is -2.19. The summed E-state index contributed by atoms with van der Waals surface area (Å²) in [4.78, 5) is 26.4. The Balaban J connectivity index is 1.27. The van der Waals surface area contributed by atoms with Gasteiger partial charge in [-0.2, -0.15) is 0 Å². The highest BCUT2D eigenvalue weighted by molar-refractivity contribution is 5.87. The average molecular weight is 491 g/mol. The molecule has 5 rings (SSSR count). The van der Waals surface area contributed by atoms with Crippen LogP contribution in [0.1, 0.15) is 25.0 Å². The van der Waals surface area contributed by atoms with E-state index in [1.54, 1.807) is 7.11 Å². The van der Waals surface area contributed by atoms with Gasteiger partial charge in [-0.25, -0.2) is 9.97 Å². The predicted molar refractivity (Wildman–Crippen MR) is 136 cm³/mol. The van der Waals surface area contributed by atoms with Crippen molar-refractivity contribution in [2.75, 3.05) is 40.0 Å². The Morgan fingerprint density at radius 3 is 2.92 bits per heavy atom. The summed E-state index contributed by atoms with van der Waals surface area (Å²) >= 11 is 0. The number of hydrogen-bond donors (Lipinski definition) is 1. The quantitative estimate of drug-likeness (QED) is 0.360. The van der Waals surface area contributed by atoms with Crippen molar-refractivity contribution in [1.82, 2.24) is 19.9 Å². The van der Waals surface area contributed by atoms with Gasteiger partial charge in [-0.15, -0.1) is 0 Å². The van der Waals surface area contributed by atoms with Gasteiger partial charge in [0, 0.05) is 48.8 Å². The number of H-pyrrole nitrogens is 1. The van der Waals surface area contributed by atoms with Gasteiger partial charge in [0.05, 0.1) is 31.2 Å². The van der Waals surface area contributed by atoms with Gasteiger partial charge in [-0.05, 0) is 50.1 Å². The first-order valence-electron chi connectivity index (χ1n) is 12.2. The van der Waals surface area contributed by atoms with E-state index in [9.17, 15) is 4.79 Å². The molecular formula is C27H30N4O5. The van der Waals surface area contributed by atoms with E-state index >= 15 is 0 Å². The highest BCUT2D eigenvalue weighted by atomic mass is 16.5. The summed E-state index contributed by atoms with van der Waals surface area (Å²) in [5.41, 5.74) is 2.82. The first-order chi connectivity index (χ1) is 17.6. The van der Waals surface area contributed by atoms with Crippen molar-refractivity contribution in [2.45, 2.75) is 26.2 Å². The largest absolute Gasteiger partial charge is 0.493 e. The van der Waals surface area contributed by atoms with Crippen LogP contribution in [0.5, 0.6) is 23.1 Å². The molecule has 1 aliphatic heterocycles. The Morgan fingerprint density at radius 2 is 2.03 bits per heavy atom. The summed E-state index contributed by atoms with van der Waals surface area (Å²) in [6.07, 6.45) is 3.39. The summed E-state index contributed by atoms with van der Waals surface area (Å²) in [6.45, 7) is 5.13. The maximum absolute atomic E-state index is 12.5. The fourth-order valence-electron chi connectivity index (χ4n) is 4.38. The lowest BCUT2D eigenvalue weighted by Crippen LogP contribution is -2.33. The van der Waals surface area contributed by atoms with Gasteiger partial charge in [0.25, 0.3) is 0 Å². The number of nitrogens with zero attached hydrogens (tertiary/aromatic N) is 3. The number of fused-ring (bicyclic) bond motifs is 2. The van der Waals surface area contributed by atoms with Crippen LogP contribution < -0.4 is 14.2 Å². The van der Waals surface area contributed by atoms with Crippen LogP contribution in [-0.4, -0.2) is 65.8 Å². The maximum atomic E-state index is 12.5. The van der Waals surface area contributed by atoms with E-state index in [1.165, 1.54) is 6.33 Å². The number of carbonyl (C=O) groups excluding carboxylic acids is 1. The molecule has 36 heavy (non-hydrogen) atoms. The van der Waals surface area contributed by atoms with Gasteiger partial charge in [0.15, 0.2) is 11.5 Å². The third-order valence-corrected chi connectivity index (χ3v) is 6.19. The zero-order valence-corrected chi connectivity index (χ0v) is 20.6. The molecular weight excluding hydrogens is 460 g/mol. The number of aromatic nitrogens is 3. The normalized spacial score (nSPS) is 14.1. The maximum Gasteiger partial charge on any atom is 0.230 e. The Labute approximate surface area is 209 Å². The SMILES string of the molecule is COc1cc2c(Oc3ccc4[nH]c(C)cc4c3)ncnc2cc1OCCCC(=O)N1CCCOCC1. The minimum atomic E-state index is 0.136. The number of ether oxygens (including phenoxy) is 4. The molecule has 1 aliphatic rings. The zero-order valence-electron chi connectivity index (χ0n) is 20.6. The number of hydrogen-bond acceptors (Lipinski definition) is 7. The van der Waals surface area contributed by atoms with E-state index in [4.69, 9.17) is 18.9 Å². The molecule has 0 bridgehead atoms. The molecule has 9 nitrogen and oxygen atoms in total. The van der Waals surface area contributed by atoms with Crippen molar-refractivity contribution in [2.24, 2.45) is 0 Å². The molecule has 1 saturated heterocycles. The molecule has 0 radical (unpaired) electrons. The summed E-state index contributed by atoms with van der Waals surface area (Å²) in [7, 11) is 1.59. The highest BCUT2D eigenvalue weighted by Gasteiger charge is 2.16. The molecule has 0 aliphatic carbocycles. The number of carbonyl (C=O) groups is 1. The van der Waals surface area contributed by atoms with Crippen LogP contribution in [0.25, 0.3) is 21.8 Å². The number of methoxy groups -OCH3 is 1. The lowest BCUT2D eigenvalue weighted by molar-refractivity contribution is -0.131. The zero-order chi connectivity index (χ0) is 24.9. The number of amides is 1. The van der Waals surface area contributed by atoms with Crippen molar-refractivity contribution >= 4 is 27.7 Å². The van der Waals surface area contributed by atoms with Gasteiger partial charge in [0.2, 0.25) is 11.8 Å². The molecule has 4 aromatic rings. The van der Waals surface area contributed by atoms with Gasteiger partial charge < -0.3 is 28.8 Å². The van der Waals surface area contributed by atoms with Crippen LogP contribution in [0.4, 0.5) is 0 Å². The van der Waals surface area contributed by atoms with Crippen molar-refractivity contribution in [3.63, 3.8) is 0 Å². The summed E-state index contributed by atoms with van der Waals surface area (Å²) in [5.74, 6) is 2.37. The van der Waals surface area contributed by atoms with E-state index in [1.807, 2.05) is 42.2 Å². The van der Waals surface area contributed by atoms with Crippen LogP contribution in [0.3, 0.4) is 0 Å². The summed E-state index contributed by atoms with van der Waals surface area (Å²) in [5, 5.41) is 1.78. The van der Waals surface area contributed by atoms with E-state index in [0.717, 1.165) is 29.6 Å². The standard InChI is InChI=1S/C27H30N4O5/c1-18-13-19-14-20(6-7-22(19)30-18)36-27-21-15-24(33-2)25(16-23(21)28-17-29-27)35-11-3-5-26(32)31-8-4-10-34-12-9-31/h6-7,13-17,30H,3-5,8-12H2,1-2H3. The third kappa shape index (κ3) is 5.36. The summed E-state index contributed by atoms with van der Waals surface area (Å²) in [6, 6.07) is 11.6. The monoisotopic (exact) mass is 490 g/mol. The van der Waals surface area contributed by atoms with Crippen LogP contribution in [0.2, 0.25) is 0 Å². The fourth-order valence-corrected chi connectivity index (χ4v) is 4.38. The molecule has 188 valence electrons. The summed E-state index contributed by atoms with van der Waals surface area (Å²) < 4.78 is 23.1.